The van der Waals surface area contributed by atoms with Crippen molar-refractivity contribution in [1.82, 2.24) is 5.32 Å². The zero-order valence-electron chi connectivity index (χ0n) is 13.1. The van der Waals surface area contributed by atoms with Crippen LogP contribution in [0.3, 0.4) is 0 Å². The molecule has 0 amide bonds. The van der Waals surface area contributed by atoms with Gasteiger partial charge in [-0.05, 0) is 38.5 Å². The Morgan fingerprint density at radius 3 is 2.48 bits per heavy atom. The van der Waals surface area contributed by atoms with Crippen molar-refractivity contribution in [3.8, 4) is 11.5 Å². The summed E-state index contributed by atoms with van der Waals surface area (Å²) in [4.78, 5) is 11.1. The maximum absolute atomic E-state index is 11.1. The van der Waals surface area contributed by atoms with Gasteiger partial charge in [0.05, 0.1) is 19.2 Å². The minimum Gasteiger partial charge on any atom is -0.493 e. The van der Waals surface area contributed by atoms with Crippen molar-refractivity contribution in [1.29, 1.82) is 0 Å². The van der Waals surface area contributed by atoms with Crippen LogP contribution in [-0.4, -0.2) is 32.3 Å². The molecular formula is C15H22ClNO4. The molecule has 118 valence electrons. The summed E-state index contributed by atoms with van der Waals surface area (Å²) in [5, 5.41) is 3.76. The highest BCUT2D eigenvalue weighted by atomic mass is 35.5. The summed E-state index contributed by atoms with van der Waals surface area (Å²) < 4.78 is 15.2. The Kier molecular flexibility index (Phi) is 6.30. The molecule has 0 bridgehead atoms. The first-order chi connectivity index (χ1) is 9.76. The topological polar surface area (TPSA) is 56.8 Å². The number of methoxy groups -OCH3 is 2. The van der Waals surface area contributed by atoms with Crippen LogP contribution in [0.2, 0.25) is 5.02 Å². The van der Waals surface area contributed by atoms with Gasteiger partial charge >= 0.3 is 5.97 Å². The normalized spacial score (nSPS) is 11.1. The third-order valence-corrected chi connectivity index (χ3v) is 2.95. The highest BCUT2D eigenvalue weighted by molar-refractivity contribution is 6.32. The number of carbonyl (C=O) groups excluding carboxylic acids is 1. The lowest BCUT2D eigenvalue weighted by Crippen LogP contribution is -2.35. The fourth-order valence-electron chi connectivity index (χ4n) is 1.57. The zero-order valence-corrected chi connectivity index (χ0v) is 13.8. The maximum Gasteiger partial charge on any atom is 0.343 e. The van der Waals surface area contributed by atoms with E-state index in [4.69, 9.17) is 21.1 Å². The van der Waals surface area contributed by atoms with Crippen LogP contribution >= 0.6 is 11.6 Å². The lowest BCUT2D eigenvalue weighted by molar-refractivity contribution is -0.142. The molecule has 0 unspecified atom stereocenters. The molecule has 21 heavy (non-hydrogen) atoms. The molecule has 6 heteroatoms. The average molecular weight is 316 g/mol. The number of ether oxygens (including phenoxy) is 3. The lowest BCUT2D eigenvalue weighted by Gasteiger charge is -2.21. The number of esters is 1. The lowest BCUT2D eigenvalue weighted by atomic mass is 10.1. The summed E-state index contributed by atoms with van der Waals surface area (Å²) in [6, 6.07) is 3.62. The minimum absolute atomic E-state index is 0.000232. The van der Waals surface area contributed by atoms with Gasteiger partial charge < -0.3 is 19.5 Å². The number of nitrogens with one attached hydrogen (secondary N) is 1. The monoisotopic (exact) mass is 315 g/mol. The van der Waals surface area contributed by atoms with Crippen LogP contribution in [0, 0.1) is 0 Å². The summed E-state index contributed by atoms with van der Waals surface area (Å²) in [7, 11) is 2.82. The van der Waals surface area contributed by atoms with Gasteiger partial charge in [-0.2, -0.15) is 0 Å². The van der Waals surface area contributed by atoms with Gasteiger partial charge in [-0.15, -0.1) is 0 Å². The van der Waals surface area contributed by atoms with E-state index >= 15 is 0 Å². The van der Waals surface area contributed by atoms with E-state index in [0.29, 0.717) is 23.1 Å². The standard InChI is InChI=1S/C15H22ClNO4/c1-15(2,3)17-8-10-6-11(16)14(12(7-10)19-4)21-9-13(18)20-5/h6-7,17H,8-9H2,1-5H3. The number of carbonyl (C=O) groups is 1. The SMILES string of the molecule is COC(=O)COc1c(Cl)cc(CNC(C)(C)C)cc1OC. The van der Waals surface area contributed by atoms with E-state index in [1.54, 1.807) is 6.07 Å². The molecule has 0 saturated carbocycles. The van der Waals surface area contributed by atoms with Gasteiger partial charge in [0.1, 0.15) is 0 Å². The van der Waals surface area contributed by atoms with Crippen LogP contribution in [0.5, 0.6) is 11.5 Å². The number of benzene rings is 1. The summed E-state index contributed by atoms with van der Waals surface area (Å²) in [6.07, 6.45) is 0. The summed E-state index contributed by atoms with van der Waals surface area (Å²) in [5.74, 6) is 0.341. The molecule has 0 atom stereocenters. The molecule has 0 radical (unpaired) electrons. The Morgan fingerprint density at radius 2 is 1.95 bits per heavy atom. The van der Waals surface area contributed by atoms with E-state index in [1.165, 1.54) is 14.2 Å². The molecule has 0 saturated heterocycles. The van der Waals surface area contributed by atoms with Gasteiger partial charge in [-0.3, -0.25) is 0 Å². The van der Waals surface area contributed by atoms with E-state index in [0.717, 1.165) is 5.56 Å². The molecule has 0 aromatic heterocycles. The Hall–Kier alpha value is -1.46. The molecule has 1 N–H and O–H groups in total. The van der Waals surface area contributed by atoms with Crippen LogP contribution in [0.4, 0.5) is 0 Å². The first-order valence-electron chi connectivity index (χ1n) is 6.58. The quantitative estimate of drug-likeness (QED) is 0.818. The molecule has 1 rings (SSSR count). The summed E-state index contributed by atoms with van der Waals surface area (Å²) in [6.45, 7) is 6.68. The molecule has 1 aromatic carbocycles. The third-order valence-electron chi connectivity index (χ3n) is 2.67. The van der Waals surface area contributed by atoms with Crippen LogP contribution in [0.25, 0.3) is 0 Å². The Balaban J connectivity index is 2.89. The van der Waals surface area contributed by atoms with Crippen molar-refractivity contribution in [2.45, 2.75) is 32.9 Å². The fraction of sp³-hybridized carbons (Fsp3) is 0.533. The molecule has 0 spiro atoms. The van der Waals surface area contributed by atoms with Crippen molar-refractivity contribution in [2.75, 3.05) is 20.8 Å². The maximum atomic E-state index is 11.1. The number of halogens is 1. The second-order valence-electron chi connectivity index (χ2n) is 5.58. The number of hydrogen-bond acceptors (Lipinski definition) is 5. The largest absolute Gasteiger partial charge is 0.493 e. The molecule has 5 nitrogen and oxygen atoms in total. The van der Waals surface area contributed by atoms with Crippen LogP contribution < -0.4 is 14.8 Å². The van der Waals surface area contributed by atoms with E-state index in [1.807, 2.05) is 6.07 Å². The van der Waals surface area contributed by atoms with E-state index in [9.17, 15) is 4.79 Å². The Labute approximate surface area is 130 Å². The zero-order chi connectivity index (χ0) is 16.0. The van der Waals surface area contributed by atoms with Crippen molar-refractivity contribution in [3.05, 3.63) is 22.7 Å². The molecule has 0 aliphatic heterocycles. The van der Waals surface area contributed by atoms with E-state index in [2.05, 4.69) is 30.8 Å². The van der Waals surface area contributed by atoms with Gasteiger partial charge in [0, 0.05) is 12.1 Å². The highest BCUT2D eigenvalue weighted by Crippen LogP contribution is 2.36. The van der Waals surface area contributed by atoms with E-state index < -0.39 is 5.97 Å². The van der Waals surface area contributed by atoms with Gasteiger partial charge in [0.25, 0.3) is 0 Å². The van der Waals surface area contributed by atoms with Gasteiger partial charge in [-0.25, -0.2) is 4.79 Å². The minimum atomic E-state index is -0.480. The smallest absolute Gasteiger partial charge is 0.343 e. The number of hydrogen-bond donors (Lipinski definition) is 1. The molecular weight excluding hydrogens is 294 g/mol. The van der Waals surface area contributed by atoms with E-state index in [-0.39, 0.29) is 12.1 Å². The second kappa shape index (κ2) is 7.52. The summed E-state index contributed by atoms with van der Waals surface area (Å²) >= 11 is 6.21. The third kappa shape index (κ3) is 5.81. The van der Waals surface area contributed by atoms with Crippen molar-refractivity contribution < 1.29 is 19.0 Å². The Morgan fingerprint density at radius 1 is 1.29 bits per heavy atom. The van der Waals surface area contributed by atoms with Gasteiger partial charge in [-0.1, -0.05) is 11.6 Å². The first kappa shape index (κ1) is 17.6. The summed E-state index contributed by atoms with van der Waals surface area (Å²) in [5.41, 5.74) is 0.969. The highest BCUT2D eigenvalue weighted by Gasteiger charge is 2.15. The average Bonchev–Trinajstić information content (AvgIpc) is 2.42. The van der Waals surface area contributed by atoms with Crippen molar-refractivity contribution in [2.24, 2.45) is 0 Å². The predicted molar refractivity (Wildman–Crippen MR) is 82.1 cm³/mol. The van der Waals surface area contributed by atoms with Crippen molar-refractivity contribution >= 4 is 17.6 Å². The first-order valence-corrected chi connectivity index (χ1v) is 6.95. The fourth-order valence-corrected chi connectivity index (χ4v) is 1.86. The molecule has 0 aliphatic rings. The van der Waals surface area contributed by atoms with Crippen LogP contribution in [0.15, 0.2) is 12.1 Å². The molecule has 0 heterocycles. The molecule has 0 fully saturated rings. The number of rotatable bonds is 6. The Bertz CT molecular complexity index is 497. The second-order valence-corrected chi connectivity index (χ2v) is 5.98. The van der Waals surface area contributed by atoms with Gasteiger partial charge in [0.2, 0.25) is 0 Å². The molecule has 1 aromatic rings. The van der Waals surface area contributed by atoms with Crippen LogP contribution in [-0.2, 0) is 16.1 Å². The van der Waals surface area contributed by atoms with Crippen LogP contribution in [0.1, 0.15) is 26.3 Å². The molecule has 0 aliphatic carbocycles. The predicted octanol–water partition coefficient (Wildman–Crippen LogP) is 2.79. The van der Waals surface area contributed by atoms with Crippen molar-refractivity contribution in [3.63, 3.8) is 0 Å². The van der Waals surface area contributed by atoms with Gasteiger partial charge in [0.15, 0.2) is 18.1 Å².